The molecule has 0 aliphatic rings. The van der Waals surface area contributed by atoms with Crippen LogP contribution in [0.5, 0.6) is 0 Å². The summed E-state index contributed by atoms with van der Waals surface area (Å²) in [6.45, 7) is 1.70. The lowest BCUT2D eigenvalue weighted by Crippen LogP contribution is -2.19. The maximum absolute atomic E-state index is 12.4. The van der Waals surface area contributed by atoms with Gasteiger partial charge in [-0.1, -0.05) is 23.7 Å². The molecule has 0 unspecified atom stereocenters. The molecule has 0 saturated carbocycles. The molecule has 0 aliphatic heterocycles. The fourth-order valence-corrected chi connectivity index (χ4v) is 2.75. The van der Waals surface area contributed by atoms with E-state index in [2.05, 4.69) is 15.8 Å². The van der Waals surface area contributed by atoms with E-state index in [1.54, 1.807) is 55.5 Å². The summed E-state index contributed by atoms with van der Waals surface area (Å²) in [6.07, 6.45) is 0. The van der Waals surface area contributed by atoms with Crippen molar-refractivity contribution in [3.8, 4) is 0 Å². The SMILES string of the molecule is CC(=NNC(=O)c1ccc([N+](=O)[O-])cc1)c1cccc(NC(=O)c2ccc(Cl)cc2)c1. The molecule has 0 saturated heterocycles. The van der Waals surface area contributed by atoms with Gasteiger partial charge in [-0.05, 0) is 61.0 Å². The van der Waals surface area contributed by atoms with Gasteiger partial charge >= 0.3 is 0 Å². The van der Waals surface area contributed by atoms with E-state index in [1.807, 2.05) is 0 Å². The lowest BCUT2D eigenvalue weighted by molar-refractivity contribution is -0.384. The quantitative estimate of drug-likeness (QED) is 0.332. The van der Waals surface area contributed by atoms with Crippen molar-refractivity contribution < 1.29 is 14.5 Å². The first-order valence-corrected chi connectivity index (χ1v) is 9.48. The molecule has 2 amide bonds. The van der Waals surface area contributed by atoms with Crippen molar-refractivity contribution in [1.29, 1.82) is 0 Å². The van der Waals surface area contributed by atoms with Gasteiger partial charge in [-0.2, -0.15) is 5.10 Å². The van der Waals surface area contributed by atoms with Gasteiger partial charge < -0.3 is 5.32 Å². The van der Waals surface area contributed by atoms with Crippen LogP contribution < -0.4 is 10.7 Å². The van der Waals surface area contributed by atoms with Crippen LogP contribution in [0.3, 0.4) is 0 Å². The van der Waals surface area contributed by atoms with Crippen LogP contribution in [-0.4, -0.2) is 22.4 Å². The second-order valence-electron chi connectivity index (χ2n) is 6.48. The molecule has 0 fully saturated rings. The summed E-state index contributed by atoms with van der Waals surface area (Å²) in [7, 11) is 0. The molecule has 0 aliphatic carbocycles. The predicted octanol–water partition coefficient (Wildman–Crippen LogP) is 4.65. The third-order valence-electron chi connectivity index (χ3n) is 4.31. The summed E-state index contributed by atoms with van der Waals surface area (Å²) in [5.74, 6) is -0.781. The summed E-state index contributed by atoms with van der Waals surface area (Å²) in [6, 6.07) is 18.7. The molecule has 8 nitrogen and oxygen atoms in total. The largest absolute Gasteiger partial charge is 0.322 e. The van der Waals surface area contributed by atoms with Crippen molar-refractivity contribution >= 4 is 40.5 Å². The number of hydrazone groups is 1. The zero-order valence-corrected chi connectivity index (χ0v) is 17.1. The molecule has 3 rings (SSSR count). The zero-order valence-electron chi connectivity index (χ0n) is 16.3. The lowest BCUT2D eigenvalue weighted by atomic mass is 10.1. The predicted molar refractivity (Wildman–Crippen MR) is 119 cm³/mol. The van der Waals surface area contributed by atoms with E-state index in [9.17, 15) is 19.7 Å². The first kappa shape index (κ1) is 21.7. The van der Waals surface area contributed by atoms with Crippen molar-refractivity contribution in [1.82, 2.24) is 5.43 Å². The molecule has 0 heterocycles. The maximum Gasteiger partial charge on any atom is 0.271 e. The van der Waals surface area contributed by atoms with E-state index in [1.165, 1.54) is 24.3 Å². The summed E-state index contributed by atoms with van der Waals surface area (Å²) >= 11 is 5.84. The Hall–Kier alpha value is -4.04. The van der Waals surface area contributed by atoms with E-state index in [-0.39, 0.29) is 17.2 Å². The van der Waals surface area contributed by atoms with Crippen molar-refractivity contribution in [3.63, 3.8) is 0 Å². The molecule has 2 N–H and O–H groups in total. The van der Waals surface area contributed by atoms with Crippen LogP contribution in [0.1, 0.15) is 33.2 Å². The first-order valence-electron chi connectivity index (χ1n) is 9.10. The number of nitro groups is 1. The highest BCUT2D eigenvalue weighted by Crippen LogP contribution is 2.15. The van der Waals surface area contributed by atoms with Gasteiger partial charge in [-0.15, -0.1) is 0 Å². The molecule has 0 atom stereocenters. The molecule has 31 heavy (non-hydrogen) atoms. The lowest BCUT2D eigenvalue weighted by Gasteiger charge is -2.08. The van der Waals surface area contributed by atoms with Gasteiger partial charge in [0.25, 0.3) is 17.5 Å². The second-order valence-corrected chi connectivity index (χ2v) is 6.92. The molecule has 9 heteroatoms. The van der Waals surface area contributed by atoms with Gasteiger partial charge in [0.1, 0.15) is 0 Å². The fraction of sp³-hybridized carbons (Fsp3) is 0.0455. The molecule has 0 spiro atoms. The summed E-state index contributed by atoms with van der Waals surface area (Å²) in [5.41, 5.74) is 4.79. The Balaban J connectivity index is 1.67. The number of anilines is 1. The maximum atomic E-state index is 12.4. The number of hydrogen-bond acceptors (Lipinski definition) is 5. The van der Waals surface area contributed by atoms with Crippen LogP contribution in [0.4, 0.5) is 11.4 Å². The topological polar surface area (TPSA) is 114 Å². The van der Waals surface area contributed by atoms with Gasteiger partial charge in [0.2, 0.25) is 0 Å². The molecule has 3 aromatic carbocycles. The number of non-ortho nitro benzene ring substituents is 1. The fourth-order valence-electron chi connectivity index (χ4n) is 2.62. The highest BCUT2D eigenvalue weighted by atomic mass is 35.5. The second kappa shape index (κ2) is 9.64. The molecular formula is C22H17ClN4O4. The Kier molecular flexibility index (Phi) is 6.74. The summed E-state index contributed by atoms with van der Waals surface area (Å²) in [4.78, 5) is 34.7. The Morgan fingerprint density at radius 1 is 0.903 bits per heavy atom. The van der Waals surface area contributed by atoms with Crippen LogP contribution in [0.25, 0.3) is 0 Å². The zero-order chi connectivity index (χ0) is 22.4. The standard InChI is InChI=1S/C22H17ClN4O4/c1-14(25-26-22(29)16-7-11-20(12-8-16)27(30)31)17-3-2-4-19(13-17)24-21(28)15-5-9-18(23)10-6-15/h2-13H,1H3,(H,24,28)(H,26,29). The van der Waals surface area contributed by atoms with Gasteiger partial charge in [-0.25, -0.2) is 5.43 Å². The van der Waals surface area contributed by atoms with Gasteiger partial charge in [0.05, 0.1) is 10.6 Å². The van der Waals surface area contributed by atoms with Crippen LogP contribution in [0.2, 0.25) is 5.02 Å². The number of halogens is 1. The number of carbonyl (C=O) groups is 2. The Morgan fingerprint density at radius 2 is 1.52 bits per heavy atom. The van der Waals surface area contributed by atoms with Crippen LogP contribution >= 0.6 is 11.6 Å². The Labute approximate surface area is 182 Å². The van der Waals surface area contributed by atoms with E-state index in [4.69, 9.17) is 11.6 Å². The molecule has 0 radical (unpaired) electrons. The third kappa shape index (κ3) is 5.74. The van der Waals surface area contributed by atoms with Gasteiger partial charge in [0, 0.05) is 34.0 Å². The molecule has 156 valence electrons. The van der Waals surface area contributed by atoms with Crippen LogP contribution in [0, 0.1) is 10.1 Å². The van der Waals surface area contributed by atoms with E-state index in [0.717, 1.165) is 0 Å². The highest BCUT2D eigenvalue weighted by Gasteiger charge is 2.10. The van der Waals surface area contributed by atoms with Crippen molar-refractivity contribution in [2.75, 3.05) is 5.32 Å². The number of benzene rings is 3. The Morgan fingerprint density at radius 3 is 2.16 bits per heavy atom. The average Bonchev–Trinajstić information content (AvgIpc) is 2.77. The highest BCUT2D eigenvalue weighted by molar-refractivity contribution is 6.30. The van der Waals surface area contributed by atoms with Gasteiger partial charge in [-0.3, -0.25) is 19.7 Å². The number of hydrogen-bond donors (Lipinski definition) is 2. The number of nitrogens with one attached hydrogen (secondary N) is 2. The molecule has 3 aromatic rings. The minimum absolute atomic E-state index is 0.103. The van der Waals surface area contributed by atoms with Crippen LogP contribution in [-0.2, 0) is 0 Å². The average molecular weight is 437 g/mol. The van der Waals surface area contributed by atoms with E-state index >= 15 is 0 Å². The molecule has 0 aromatic heterocycles. The smallest absolute Gasteiger partial charge is 0.271 e. The number of amides is 2. The number of carbonyl (C=O) groups excluding carboxylic acids is 2. The molecule has 0 bridgehead atoms. The van der Waals surface area contributed by atoms with Gasteiger partial charge in [0.15, 0.2) is 0 Å². The minimum atomic E-state index is -0.539. The summed E-state index contributed by atoms with van der Waals surface area (Å²) in [5, 5.41) is 18.1. The minimum Gasteiger partial charge on any atom is -0.322 e. The number of nitro benzene ring substituents is 1. The number of nitrogens with zero attached hydrogens (tertiary/aromatic N) is 2. The summed E-state index contributed by atoms with van der Waals surface area (Å²) < 4.78 is 0. The molecular weight excluding hydrogens is 420 g/mol. The Bertz CT molecular complexity index is 1160. The van der Waals surface area contributed by atoms with Crippen molar-refractivity contribution in [3.05, 3.63) is 105 Å². The van der Waals surface area contributed by atoms with Crippen molar-refractivity contribution in [2.24, 2.45) is 5.10 Å². The third-order valence-corrected chi connectivity index (χ3v) is 4.56. The van der Waals surface area contributed by atoms with Crippen LogP contribution in [0.15, 0.2) is 77.9 Å². The van der Waals surface area contributed by atoms with Crippen molar-refractivity contribution in [2.45, 2.75) is 6.92 Å². The normalized spacial score (nSPS) is 11.0. The monoisotopic (exact) mass is 436 g/mol. The number of rotatable bonds is 6. The van der Waals surface area contributed by atoms with E-state index in [0.29, 0.717) is 27.5 Å². The first-order chi connectivity index (χ1) is 14.8. The van der Waals surface area contributed by atoms with E-state index < -0.39 is 10.8 Å².